The highest BCUT2D eigenvalue weighted by Gasteiger charge is 2.57. The second kappa shape index (κ2) is 5.24. The maximum Gasteiger partial charge on any atom is 0.237 e. The van der Waals surface area contributed by atoms with Crippen LogP contribution in [0.2, 0.25) is 0 Å². The van der Waals surface area contributed by atoms with Crippen LogP contribution in [0.3, 0.4) is 0 Å². The zero-order valence-electron chi connectivity index (χ0n) is 13.2. The molecule has 4 atom stereocenters. The molecule has 0 aromatic rings. The highest BCUT2D eigenvalue weighted by molar-refractivity contribution is 4.88. The second-order valence-electron chi connectivity index (χ2n) is 7.27. The standard InChI is InChI=1S/C16H28O4/c1-11-7-5-9-15(13(11)3)17-19-16(20-18-15)10-6-8-12(2)14(16)4/h11-14H,5-10H2,1-4H3/t11-,12+,13-,14-,15?,16?/m0/s1. The fourth-order valence-electron chi connectivity index (χ4n) is 3.94. The van der Waals surface area contributed by atoms with Crippen LogP contribution in [0.5, 0.6) is 0 Å². The zero-order chi connectivity index (χ0) is 14.4. The van der Waals surface area contributed by atoms with Gasteiger partial charge in [0, 0.05) is 24.7 Å². The number of rotatable bonds is 0. The van der Waals surface area contributed by atoms with E-state index in [0.717, 1.165) is 25.7 Å². The normalized spacial score (nSPS) is 53.4. The fourth-order valence-corrected chi connectivity index (χ4v) is 3.94. The fraction of sp³-hybridized carbons (Fsp3) is 1.00. The molecule has 0 unspecified atom stereocenters. The maximum absolute atomic E-state index is 5.85. The smallest absolute Gasteiger partial charge is 0.195 e. The van der Waals surface area contributed by atoms with E-state index in [1.54, 1.807) is 0 Å². The molecule has 2 spiro atoms. The van der Waals surface area contributed by atoms with Crippen LogP contribution in [0, 0.1) is 23.7 Å². The summed E-state index contributed by atoms with van der Waals surface area (Å²) in [5.41, 5.74) is 0. The third kappa shape index (κ3) is 2.21. The molecule has 0 aromatic heterocycles. The highest BCUT2D eigenvalue weighted by atomic mass is 17.4. The topological polar surface area (TPSA) is 36.9 Å². The lowest BCUT2D eigenvalue weighted by atomic mass is 9.76. The predicted octanol–water partition coefficient (Wildman–Crippen LogP) is 4.20. The first-order valence-corrected chi connectivity index (χ1v) is 8.23. The molecule has 1 saturated heterocycles. The van der Waals surface area contributed by atoms with Crippen molar-refractivity contribution >= 4 is 0 Å². The van der Waals surface area contributed by atoms with E-state index in [0.29, 0.717) is 11.8 Å². The third-order valence-electron chi connectivity index (χ3n) is 6.11. The Hall–Kier alpha value is -0.160. The first-order chi connectivity index (χ1) is 9.49. The van der Waals surface area contributed by atoms with Gasteiger partial charge in [-0.25, -0.2) is 0 Å². The molecule has 0 bridgehead atoms. The van der Waals surface area contributed by atoms with Crippen molar-refractivity contribution < 1.29 is 19.6 Å². The lowest BCUT2D eigenvalue weighted by Gasteiger charge is -2.52. The molecule has 3 fully saturated rings. The molecule has 0 radical (unpaired) electrons. The summed E-state index contributed by atoms with van der Waals surface area (Å²) in [6.07, 6.45) is 6.31. The van der Waals surface area contributed by atoms with Crippen LogP contribution in [0.15, 0.2) is 0 Å². The van der Waals surface area contributed by atoms with E-state index in [9.17, 15) is 0 Å². The van der Waals surface area contributed by atoms with E-state index in [1.165, 1.54) is 12.8 Å². The Balaban J connectivity index is 1.72. The molecule has 4 heteroatoms. The van der Waals surface area contributed by atoms with Crippen molar-refractivity contribution in [1.82, 2.24) is 0 Å². The van der Waals surface area contributed by atoms with E-state index >= 15 is 0 Å². The summed E-state index contributed by atoms with van der Waals surface area (Å²) in [6.45, 7) is 8.82. The lowest BCUT2D eigenvalue weighted by molar-refractivity contribution is -0.676. The van der Waals surface area contributed by atoms with Crippen LogP contribution in [0.4, 0.5) is 0 Å². The van der Waals surface area contributed by atoms with E-state index in [1.807, 2.05) is 0 Å². The molecule has 3 rings (SSSR count). The molecule has 116 valence electrons. The Labute approximate surface area is 122 Å². The summed E-state index contributed by atoms with van der Waals surface area (Å²) in [7, 11) is 0. The summed E-state index contributed by atoms with van der Waals surface area (Å²) in [5.74, 6) is 0.280. The van der Waals surface area contributed by atoms with Crippen molar-refractivity contribution in [1.29, 1.82) is 0 Å². The van der Waals surface area contributed by atoms with Crippen molar-refractivity contribution in [2.75, 3.05) is 0 Å². The first-order valence-electron chi connectivity index (χ1n) is 8.23. The van der Waals surface area contributed by atoms with Crippen molar-refractivity contribution in [2.45, 2.75) is 77.8 Å². The van der Waals surface area contributed by atoms with Crippen LogP contribution in [-0.2, 0) is 19.6 Å². The monoisotopic (exact) mass is 284 g/mol. The van der Waals surface area contributed by atoms with Gasteiger partial charge in [0.1, 0.15) is 0 Å². The van der Waals surface area contributed by atoms with Gasteiger partial charge in [0.25, 0.3) is 0 Å². The molecule has 0 N–H and O–H groups in total. The van der Waals surface area contributed by atoms with Gasteiger partial charge in [-0.05, 0) is 24.7 Å². The van der Waals surface area contributed by atoms with Gasteiger partial charge in [-0.2, -0.15) is 19.6 Å². The van der Waals surface area contributed by atoms with Gasteiger partial charge in [0.15, 0.2) is 0 Å². The molecule has 2 aliphatic carbocycles. The van der Waals surface area contributed by atoms with E-state index in [4.69, 9.17) is 19.6 Å². The van der Waals surface area contributed by atoms with Gasteiger partial charge in [-0.15, -0.1) is 0 Å². The van der Waals surface area contributed by atoms with Crippen molar-refractivity contribution in [3.63, 3.8) is 0 Å². The average molecular weight is 284 g/mol. The Kier molecular flexibility index (Phi) is 3.87. The zero-order valence-corrected chi connectivity index (χ0v) is 13.2. The summed E-state index contributed by atoms with van der Waals surface area (Å²) in [4.78, 5) is 23.4. The Morgan fingerprint density at radius 3 is 1.35 bits per heavy atom. The summed E-state index contributed by atoms with van der Waals surface area (Å²) in [5, 5.41) is 0. The molecule has 2 saturated carbocycles. The second-order valence-corrected chi connectivity index (χ2v) is 7.27. The minimum Gasteiger partial charge on any atom is -0.195 e. The number of hydrogen-bond acceptors (Lipinski definition) is 4. The first kappa shape index (κ1) is 14.8. The molecule has 0 amide bonds. The molecular weight excluding hydrogens is 256 g/mol. The quantitative estimate of drug-likeness (QED) is 0.625. The van der Waals surface area contributed by atoms with E-state index in [-0.39, 0.29) is 11.8 Å². The maximum atomic E-state index is 5.85. The largest absolute Gasteiger partial charge is 0.237 e. The summed E-state index contributed by atoms with van der Waals surface area (Å²) >= 11 is 0. The van der Waals surface area contributed by atoms with Gasteiger partial charge in [0.2, 0.25) is 11.6 Å². The van der Waals surface area contributed by atoms with Crippen LogP contribution in [0.1, 0.15) is 66.2 Å². The lowest BCUT2D eigenvalue weighted by Crippen LogP contribution is -2.59. The van der Waals surface area contributed by atoms with Gasteiger partial charge >= 0.3 is 0 Å². The van der Waals surface area contributed by atoms with Crippen molar-refractivity contribution in [3.8, 4) is 0 Å². The minimum atomic E-state index is -0.705. The summed E-state index contributed by atoms with van der Waals surface area (Å²) < 4.78 is 0. The van der Waals surface area contributed by atoms with Crippen LogP contribution in [0.25, 0.3) is 0 Å². The van der Waals surface area contributed by atoms with Gasteiger partial charge in [-0.1, -0.05) is 40.5 Å². The Morgan fingerprint density at radius 1 is 0.650 bits per heavy atom. The summed E-state index contributed by atoms with van der Waals surface area (Å²) in [6, 6.07) is 0. The number of hydrogen-bond donors (Lipinski definition) is 0. The molecule has 1 aliphatic heterocycles. The van der Waals surface area contributed by atoms with Crippen molar-refractivity contribution in [2.24, 2.45) is 23.7 Å². The molecule has 4 nitrogen and oxygen atoms in total. The van der Waals surface area contributed by atoms with Crippen LogP contribution < -0.4 is 0 Å². The van der Waals surface area contributed by atoms with E-state index in [2.05, 4.69) is 27.7 Å². The predicted molar refractivity (Wildman–Crippen MR) is 74.2 cm³/mol. The third-order valence-corrected chi connectivity index (χ3v) is 6.11. The van der Waals surface area contributed by atoms with Gasteiger partial charge < -0.3 is 0 Å². The van der Waals surface area contributed by atoms with Crippen molar-refractivity contribution in [3.05, 3.63) is 0 Å². The highest BCUT2D eigenvalue weighted by Crippen LogP contribution is 2.50. The Morgan fingerprint density at radius 2 is 1.00 bits per heavy atom. The molecule has 0 aromatic carbocycles. The average Bonchev–Trinajstić information content (AvgIpc) is 2.45. The minimum absolute atomic E-state index is 0.282. The van der Waals surface area contributed by atoms with Crippen LogP contribution in [-0.4, -0.2) is 11.6 Å². The molecule has 20 heavy (non-hydrogen) atoms. The van der Waals surface area contributed by atoms with Gasteiger partial charge in [0.05, 0.1) is 0 Å². The Bertz CT molecular complexity index is 314. The van der Waals surface area contributed by atoms with Gasteiger partial charge in [-0.3, -0.25) is 0 Å². The molecular formula is C16H28O4. The SMILES string of the molecule is C[C@@H]1CCCC2(OOC3(CCC[C@H](C)[C@@H]3C)OO2)[C@H]1C. The van der Waals surface area contributed by atoms with E-state index < -0.39 is 11.6 Å². The van der Waals surface area contributed by atoms with Crippen LogP contribution >= 0.6 is 0 Å². The molecule has 3 aliphatic rings. The molecule has 1 heterocycles.